The summed E-state index contributed by atoms with van der Waals surface area (Å²) in [5.74, 6) is 1.42. The van der Waals surface area contributed by atoms with Crippen LogP contribution in [-0.2, 0) is 29.2 Å². The average Bonchev–Trinajstić information content (AvgIpc) is 3.21. The zero-order chi connectivity index (χ0) is 21.5. The predicted octanol–water partition coefficient (Wildman–Crippen LogP) is 4.38. The van der Waals surface area contributed by atoms with Gasteiger partial charge >= 0.3 is 5.97 Å². The summed E-state index contributed by atoms with van der Waals surface area (Å²) in [4.78, 5) is 23.1. The maximum Gasteiger partial charge on any atom is 0.305 e. The second-order valence-corrected chi connectivity index (χ2v) is 7.58. The predicted molar refractivity (Wildman–Crippen MR) is 118 cm³/mol. The zero-order valence-corrected chi connectivity index (χ0v) is 17.8. The van der Waals surface area contributed by atoms with Crippen molar-refractivity contribution in [2.45, 2.75) is 39.5 Å². The molecule has 0 saturated carbocycles. The molecule has 2 aromatic carbocycles. The first kappa shape index (κ1) is 21.0. The largest absolute Gasteiger partial charge is 0.489 e. The van der Waals surface area contributed by atoms with Crippen LogP contribution in [0.3, 0.4) is 0 Å². The summed E-state index contributed by atoms with van der Waals surface area (Å²) in [6.45, 7) is 5.26. The summed E-state index contributed by atoms with van der Waals surface area (Å²) < 4.78 is 10.9. The minimum Gasteiger partial charge on any atom is -0.489 e. The Bertz CT molecular complexity index is 1010. The fraction of sp³-hybridized carbons (Fsp3) is 0.320. The summed E-state index contributed by atoms with van der Waals surface area (Å²) in [6.07, 6.45) is 3.16. The maximum absolute atomic E-state index is 11.5. The Morgan fingerprint density at radius 3 is 2.65 bits per heavy atom. The lowest BCUT2D eigenvalue weighted by molar-refractivity contribution is -0.143. The molecule has 160 valence electrons. The lowest BCUT2D eigenvalue weighted by atomic mass is 10.2. The highest BCUT2D eigenvalue weighted by Gasteiger charge is 2.21. The summed E-state index contributed by atoms with van der Waals surface area (Å²) in [7, 11) is 0. The number of hydrogen-bond donors (Lipinski definition) is 0. The number of fused-ring (bicyclic) bond motifs is 1. The second-order valence-electron chi connectivity index (χ2n) is 7.58. The Balaban J connectivity index is 1.32. The van der Waals surface area contributed by atoms with Crippen molar-refractivity contribution < 1.29 is 14.3 Å². The molecule has 0 amide bonds. The van der Waals surface area contributed by atoms with Crippen molar-refractivity contribution >= 4 is 5.97 Å². The second kappa shape index (κ2) is 10.2. The van der Waals surface area contributed by atoms with Gasteiger partial charge in [-0.2, -0.15) is 0 Å². The summed E-state index contributed by atoms with van der Waals surface area (Å²) in [6, 6.07) is 18.0. The lowest BCUT2D eigenvalue weighted by Gasteiger charge is -2.13. The Labute approximate surface area is 182 Å². The standard InChI is InChI=1S/C25H27N3O3/c1-2-30-24(29)9-6-14-28-16-21-15-26-25(27-23(21)17-28)20-10-12-22(13-11-20)31-18-19-7-4-3-5-8-19/h3-5,7-8,10-13,15H,2,6,9,14,16-18H2,1H3. The van der Waals surface area contributed by atoms with Crippen LogP contribution in [0.1, 0.15) is 36.6 Å². The molecule has 6 nitrogen and oxygen atoms in total. The number of ether oxygens (including phenoxy) is 2. The SMILES string of the molecule is CCOC(=O)CCCN1Cc2cnc(-c3ccc(OCc4ccccc4)cc3)nc2C1. The van der Waals surface area contributed by atoms with E-state index in [2.05, 4.69) is 9.88 Å². The highest BCUT2D eigenvalue weighted by Crippen LogP contribution is 2.25. The van der Waals surface area contributed by atoms with Crippen LogP contribution in [0, 0.1) is 0 Å². The molecule has 0 unspecified atom stereocenters. The summed E-state index contributed by atoms with van der Waals surface area (Å²) in [5.41, 5.74) is 4.32. The minimum absolute atomic E-state index is 0.127. The summed E-state index contributed by atoms with van der Waals surface area (Å²) in [5, 5.41) is 0. The molecule has 0 bridgehead atoms. The van der Waals surface area contributed by atoms with Gasteiger partial charge < -0.3 is 9.47 Å². The molecule has 0 radical (unpaired) electrons. The molecular weight excluding hydrogens is 390 g/mol. The number of benzene rings is 2. The molecule has 0 saturated heterocycles. The molecule has 1 aromatic heterocycles. The molecule has 0 N–H and O–H groups in total. The molecule has 31 heavy (non-hydrogen) atoms. The van der Waals surface area contributed by atoms with Gasteiger partial charge in [0.25, 0.3) is 0 Å². The number of esters is 1. The fourth-order valence-electron chi connectivity index (χ4n) is 3.64. The van der Waals surface area contributed by atoms with E-state index in [1.807, 2.05) is 67.7 Å². The van der Waals surface area contributed by atoms with Crippen LogP contribution in [0.25, 0.3) is 11.4 Å². The first-order chi connectivity index (χ1) is 15.2. The third-order valence-corrected chi connectivity index (χ3v) is 5.24. The van der Waals surface area contributed by atoms with Gasteiger partial charge in [-0.15, -0.1) is 0 Å². The van der Waals surface area contributed by atoms with Crippen LogP contribution in [0.4, 0.5) is 0 Å². The number of rotatable bonds is 9. The Morgan fingerprint density at radius 1 is 1.06 bits per heavy atom. The number of nitrogens with zero attached hydrogens (tertiary/aromatic N) is 3. The topological polar surface area (TPSA) is 64.5 Å². The van der Waals surface area contributed by atoms with Crippen molar-refractivity contribution in [2.24, 2.45) is 0 Å². The molecule has 6 heteroatoms. The molecule has 1 aliphatic rings. The zero-order valence-electron chi connectivity index (χ0n) is 17.8. The van der Waals surface area contributed by atoms with E-state index in [-0.39, 0.29) is 5.97 Å². The average molecular weight is 418 g/mol. The number of aromatic nitrogens is 2. The maximum atomic E-state index is 11.5. The third-order valence-electron chi connectivity index (χ3n) is 5.24. The van der Waals surface area contributed by atoms with Gasteiger partial charge in [0.05, 0.1) is 12.3 Å². The van der Waals surface area contributed by atoms with Gasteiger partial charge in [0.1, 0.15) is 12.4 Å². The third kappa shape index (κ3) is 5.67. The Morgan fingerprint density at radius 2 is 1.87 bits per heavy atom. The highest BCUT2D eigenvalue weighted by atomic mass is 16.5. The van der Waals surface area contributed by atoms with Crippen molar-refractivity contribution in [3.63, 3.8) is 0 Å². The van der Waals surface area contributed by atoms with E-state index in [1.165, 1.54) is 0 Å². The smallest absolute Gasteiger partial charge is 0.305 e. The van der Waals surface area contributed by atoms with Gasteiger partial charge in [0, 0.05) is 36.8 Å². The quantitative estimate of drug-likeness (QED) is 0.482. The first-order valence-electron chi connectivity index (χ1n) is 10.7. The van der Waals surface area contributed by atoms with Crippen molar-refractivity contribution in [3.8, 4) is 17.1 Å². The van der Waals surface area contributed by atoms with Crippen molar-refractivity contribution in [2.75, 3.05) is 13.2 Å². The van der Waals surface area contributed by atoms with Gasteiger partial charge in [0.15, 0.2) is 5.82 Å². The van der Waals surface area contributed by atoms with Crippen LogP contribution in [0.15, 0.2) is 60.8 Å². The van der Waals surface area contributed by atoms with Gasteiger partial charge in [0.2, 0.25) is 0 Å². The number of carbonyl (C=O) groups is 1. The van der Waals surface area contributed by atoms with Gasteiger partial charge in [-0.25, -0.2) is 9.97 Å². The molecule has 0 atom stereocenters. The van der Waals surface area contributed by atoms with Crippen LogP contribution in [-0.4, -0.2) is 34.0 Å². The van der Waals surface area contributed by atoms with Crippen molar-refractivity contribution in [1.82, 2.24) is 14.9 Å². The van der Waals surface area contributed by atoms with E-state index >= 15 is 0 Å². The van der Waals surface area contributed by atoms with Crippen molar-refractivity contribution in [3.05, 3.63) is 77.6 Å². The van der Waals surface area contributed by atoms with Gasteiger partial charge in [-0.05, 0) is 49.7 Å². The molecule has 4 rings (SSSR count). The van der Waals surface area contributed by atoms with E-state index in [0.29, 0.717) is 19.6 Å². The van der Waals surface area contributed by atoms with Crippen LogP contribution in [0.5, 0.6) is 5.75 Å². The van der Waals surface area contributed by atoms with Crippen LogP contribution in [0.2, 0.25) is 0 Å². The lowest BCUT2D eigenvalue weighted by Crippen LogP contribution is -2.19. The molecule has 2 heterocycles. The minimum atomic E-state index is -0.127. The van der Waals surface area contributed by atoms with E-state index in [1.54, 1.807) is 0 Å². The van der Waals surface area contributed by atoms with Crippen LogP contribution < -0.4 is 4.74 Å². The van der Waals surface area contributed by atoms with Gasteiger partial charge in [-0.3, -0.25) is 9.69 Å². The molecule has 0 fully saturated rings. The molecule has 3 aromatic rings. The molecule has 0 spiro atoms. The van der Waals surface area contributed by atoms with E-state index in [0.717, 1.165) is 60.0 Å². The van der Waals surface area contributed by atoms with Crippen molar-refractivity contribution in [1.29, 1.82) is 0 Å². The first-order valence-corrected chi connectivity index (χ1v) is 10.7. The number of hydrogen-bond acceptors (Lipinski definition) is 6. The van der Waals surface area contributed by atoms with E-state index in [9.17, 15) is 4.79 Å². The molecular formula is C25H27N3O3. The summed E-state index contributed by atoms with van der Waals surface area (Å²) >= 11 is 0. The monoisotopic (exact) mass is 417 g/mol. The van der Waals surface area contributed by atoms with Gasteiger partial charge in [-0.1, -0.05) is 30.3 Å². The fourth-order valence-corrected chi connectivity index (χ4v) is 3.64. The Kier molecular flexibility index (Phi) is 6.89. The Hall–Kier alpha value is -3.25. The number of carbonyl (C=O) groups excluding carboxylic acids is 1. The molecule has 1 aliphatic heterocycles. The van der Waals surface area contributed by atoms with Crippen LogP contribution >= 0.6 is 0 Å². The van der Waals surface area contributed by atoms with E-state index in [4.69, 9.17) is 14.5 Å². The molecule has 0 aliphatic carbocycles. The highest BCUT2D eigenvalue weighted by molar-refractivity contribution is 5.69. The van der Waals surface area contributed by atoms with E-state index < -0.39 is 0 Å². The normalized spacial score (nSPS) is 13.1.